The minimum Gasteiger partial charge on any atom is -1.00 e. The Morgan fingerprint density at radius 1 is 0.422 bits per heavy atom. The van der Waals surface area contributed by atoms with Crippen LogP contribution in [0.5, 0.6) is 0 Å². The molecule has 0 aromatic heterocycles. The van der Waals surface area contributed by atoms with Crippen LogP contribution in [0, 0.1) is 0 Å². The summed E-state index contributed by atoms with van der Waals surface area (Å²) in [6.07, 6.45) is 54.6. The van der Waals surface area contributed by atoms with Crippen LogP contribution >= 0.6 is 12.4 Å². The second kappa shape index (κ2) is 53.6. The van der Waals surface area contributed by atoms with Crippen LogP contribution in [0.3, 0.4) is 0 Å². The van der Waals surface area contributed by atoms with Crippen molar-refractivity contribution in [3.05, 3.63) is 35.9 Å². The summed E-state index contributed by atoms with van der Waals surface area (Å²) in [5, 5.41) is 0. The number of halogens is 2. The monoisotopic (exact) mass is 943 g/mol. The highest BCUT2D eigenvalue weighted by molar-refractivity contribution is 5.85. The number of rotatable bonds is 47. The molecule has 0 N–H and O–H groups in total. The van der Waals surface area contributed by atoms with E-state index in [-0.39, 0.29) is 37.3 Å². The normalized spacial score (nSPS) is 12.4. The third kappa shape index (κ3) is 48.1. The summed E-state index contributed by atoms with van der Waals surface area (Å²) < 4.78 is 12.9. The molecule has 4 nitrogen and oxygen atoms in total. The third-order valence-corrected chi connectivity index (χ3v) is 13.6. The van der Waals surface area contributed by atoms with Crippen LogP contribution in [0.15, 0.2) is 30.3 Å². The highest BCUT2D eigenvalue weighted by atomic mass is 35.5. The van der Waals surface area contributed by atoms with Crippen LogP contribution in [0.1, 0.15) is 284 Å². The maximum atomic E-state index is 6.12. The average molecular weight is 944 g/mol. The predicted molar refractivity (Wildman–Crippen MR) is 285 cm³/mol. The van der Waals surface area contributed by atoms with Gasteiger partial charge in [-0.3, -0.25) is 0 Å². The van der Waals surface area contributed by atoms with Crippen molar-refractivity contribution in [2.45, 2.75) is 298 Å². The molecule has 384 valence electrons. The molecular weight excluding hydrogens is 828 g/mol. The highest BCUT2D eigenvalue weighted by Crippen LogP contribution is 2.18. The Labute approximate surface area is 416 Å². The topological polar surface area (TPSA) is 21.7 Å². The fourth-order valence-electron chi connectivity index (χ4n) is 9.00. The van der Waals surface area contributed by atoms with Crippen molar-refractivity contribution < 1.29 is 26.4 Å². The van der Waals surface area contributed by atoms with E-state index in [9.17, 15) is 0 Å². The molecule has 0 aliphatic rings. The van der Waals surface area contributed by atoms with E-state index in [2.05, 4.69) is 83.9 Å². The molecule has 1 aromatic carbocycles. The lowest BCUT2D eigenvalue weighted by molar-refractivity contribution is -0.890. The Bertz CT molecular complexity index is 948. The van der Waals surface area contributed by atoms with Gasteiger partial charge in [-0.2, -0.15) is 0 Å². The van der Waals surface area contributed by atoms with E-state index in [1.54, 1.807) is 7.11 Å². The fourth-order valence-corrected chi connectivity index (χ4v) is 9.00. The lowest BCUT2D eigenvalue weighted by atomic mass is 10.0. The van der Waals surface area contributed by atoms with E-state index in [1.165, 1.54) is 261 Å². The number of ether oxygens (including phenoxy) is 2. The van der Waals surface area contributed by atoms with E-state index in [0.29, 0.717) is 0 Å². The van der Waals surface area contributed by atoms with Gasteiger partial charge in [0.1, 0.15) is 12.5 Å². The van der Waals surface area contributed by atoms with E-state index < -0.39 is 0 Å². The second-order valence-electron chi connectivity index (χ2n) is 20.2. The van der Waals surface area contributed by atoms with Crippen molar-refractivity contribution >= 4 is 12.4 Å². The zero-order valence-electron chi connectivity index (χ0n) is 44.7. The Kier molecular flexibility index (Phi) is 56.9. The maximum Gasteiger partial charge on any atom is 0.110 e. The van der Waals surface area contributed by atoms with Crippen molar-refractivity contribution in [2.75, 3.05) is 40.9 Å². The molecule has 0 aliphatic carbocycles. The van der Waals surface area contributed by atoms with Gasteiger partial charge >= 0.3 is 0 Å². The molecule has 0 amide bonds. The minimum absolute atomic E-state index is 0. The molecule has 0 radical (unpaired) electrons. The first-order chi connectivity index (χ1) is 30.3. The summed E-state index contributed by atoms with van der Waals surface area (Å²) in [4.78, 5) is 2.27. The Morgan fingerprint density at radius 2 is 0.703 bits per heavy atom. The number of hydrogen-bond acceptors (Lipinski definition) is 3. The van der Waals surface area contributed by atoms with Gasteiger partial charge in [0.2, 0.25) is 0 Å². The molecule has 0 saturated heterocycles. The number of quaternary nitrogens is 1. The van der Waals surface area contributed by atoms with E-state index in [1.807, 2.05) is 0 Å². The van der Waals surface area contributed by atoms with Crippen molar-refractivity contribution in [1.82, 2.24) is 4.90 Å². The van der Waals surface area contributed by atoms with Gasteiger partial charge in [-0.05, 0) is 51.5 Å². The Hall–Kier alpha value is -0.360. The summed E-state index contributed by atoms with van der Waals surface area (Å²) >= 11 is 0. The minimum atomic E-state index is 0. The van der Waals surface area contributed by atoms with Crippen LogP contribution in [0.2, 0.25) is 0 Å². The molecule has 6 heteroatoms. The summed E-state index contributed by atoms with van der Waals surface area (Å²) in [6, 6.07) is 10.5. The van der Waals surface area contributed by atoms with Crippen LogP contribution < -0.4 is 12.4 Å². The average Bonchev–Trinajstić information content (AvgIpc) is 3.27. The van der Waals surface area contributed by atoms with Crippen molar-refractivity contribution in [3.8, 4) is 0 Å². The predicted octanol–water partition coefficient (Wildman–Crippen LogP) is 16.2. The molecule has 0 bridgehead atoms. The van der Waals surface area contributed by atoms with Gasteiger partial charge in [0.15, 0.2) is 0 Å². The zero-order valence-corrected chi connectivity index (χ0v) is 46.3. The molecule has 2 unspecified atom stereocenters. The molecular formula is C58H116Cl2N2O2. The van der Waals surface area contributed by atoms with Crippen LogP contribution in [0.25, 0.3) is 0 Å². The van der Waals surface area contributed by atoms with Crippen molar-refractivity contribution in [1.29, 1.82) is 0 Å². The van der Waals surface area contributed by atoms with Gasteiger partial charge in [0, 0.05) is 20.3 Å². The summed E-state index contributed by atoms with van der Waals surface area (Å²) in [5.74, 6) is 0. The molecule has 0 saturated carbocycles. The second-order valence-corrected chi connectivity index (χ2v) is 20.2. The van der Waals surface area contributed by atoms with Gasteiger partial charge in [-0.1, -0.05) is 263 Å². The number of benzene rings is 1. The SMILES string of the molecule is CCCCCCCCCCCCCCCC[N+](C)(C)CCCCCCCCCCCCCCCC.CCCCCCCCCCCCOC(C)N(Cc1ccccc1)C(C)OC.Cl.[Cl-]. The lowest BCUT2D eigenvalue weighted by Crippen LogP contribution is -3.00. The molecule has 1 aromatic rings. The number of nitrogens with zero attached hydrogens (tertiary/aromatic N) is 2. The van der Waals surface area contributed by atoms with Crippen molar-refractivity contribution in [3.63, 3.8) is 0 Å². The fraction of sp³-hybridized carbons (Fsp3) is 0.897. The summed E-state index contributed by atoms with van der Waals surface area (Å²) in [7, 11) is 6.69. The van der Waals surface area contributed by atoms with Crippen LogP contribution in [0.4, 0.5) is 0 Å². The number of unbranched alkanes of at least 4 members (excludes halogenated alkanes) is 35. The van der Waals surface area contributed by atoms with Gasteiger partial charge in [-0.15, -0.1) is 12.4 Å². The lowest BCUT2D eigenvalue weighted by Gasteiger charge is -2.33. The Balaban J connectivity index is -0.00000116. The zero-order chi connectivity index (χ0) is 45.5. The van der Waals surface area contributed by atoms with E-state index in [0.717, 1.165) is 19.6 Å². The van der Waals surface area contributed by atoms with E-state index >= 15 is 0 Å². The quantitative estimate of drug-likeness (QED) is 0.0369. The molecule has 2 atom stereocenters. The molecule has 0 heterocycles. The first-order valence-corrected chi connectivity index (χ1v) is 28.1. The van der Waals surface area contributed by atoms with Crippen LogP contribution in [-0.2, 0) is 16.0 Å². The standard InChI is InChI=1S/C34H72N.C24H43NO2.2ClH/c1-5-7-9-11-13-15-17-19-21-23-25-27-29-31-33-35(3,4)34-32-30-28-26-24-22-20-18-16-14-12-10-8-6-2;1-5-6-7-8-9-10-11-12-13-17-20-27-23(3)25(22(2)26-4)21-24-18-15-14-16-19-24;;/h5-34H2,1-4H3;14-16,18-19,22-23H,5-13,17,20-21H2,1-4H3;2*1H/q+1;;;/p-1. The molecule has 1 rings (SSSR count). The van der Waals surface area contributed by atoms with Gasteiger partial charge in [-0.25, -0.2) is 4.90 Å². The number of methoxy groups -OCH3 is 1. The smallest absolute Gasteiger partial charge is 0.110 e. The maximum absolute atomic E-state index is 6.12. The summed E-state index contributed by atoms with van der Waals surface area (Å²) in [6.45, 7) is 15.6. The van der Waals surface area contributed by atoms with E-state index in [4.69, 9.17) is 9.47 Å². The molecule has 64 heavy (non-hydrogen) atoms. The Morgan fingerprint density at radius 3 is 1.00 bits per heavy atom. The first-order valence-electron chi connectivity index (χ1n) is 28.1. The highest BCUT2D eigenvalue weighted by Gasteiger charge is 2.20. The van der Waals surface area contributed by atoms with Gasteiger partial charge in [0.05, 0.1) is 27.2 Å². The van der Waals surface area contributed by atoms with Gasteiger partial charge < -0.3 is 26.4 Å². The molecule has 0 spiro atoms. The largest absolute Gasteiger partial charge is 1.00 e. The first kappa shape index (κ1) is 67.9. The molecule has 0 fully saturated rings. The summed E-state index contributed by atoms with van der Waals surface area (Å²) in [5.41, 5.74) is 1.29. The van der Waals surface area contributed by atoms with Crippen molar-refractivity contribution in [2.24, 2.45) is 0 Å². The molecule has 0 aliphatic heterocycles. The van der Waals surface area contributed by atoms with Crippen LogP contribution in [-0.4, -0.2) is 62.7 Å². The van der Waals surface area contributed by atoms with Gasteiger partial charge in [0.25, 0.3) is 0 Å². The third-order valence-electron chi connectivity index (χ3n) is 13.6. The number of hydrogen-bond donors (Lipinski definition) is 0.